The third-order valence-electron chi connectivity index (χ3n) is 5.11. The number of nitrogens with zero attached hydrogens (tertiary/aromatic N) is 2. The zero-order valence-electron chi connectivity index (χ0n) is 17.4. The molecule has 0 aromatic heterocycles. The number of hydrogen-bond donors (Lipinski definition) is 1. The van der Waals surface area contributed by atoms with Crippen LogP contribution >= 0.6 is 0 Å². The van der Waals surface area contributed by atoms with E-state index >= 15 is 0 Å². The van der Waals surface area contributed by atoms with E-state index in [0.29, 0.717) is 38.6 Å². The SMILES string of the molecule is CC(C)CCC[C@@H](C)NC(=O)CN1CCN(S(=O)(=O)Cc2ccccc2)CC1. The van der Waals surface area contributed by atoms with Crippen LogP contribution in [0.2, 0.25) is 0 Å². The van der Waals surface area contributed by atoms with Gasteiger partial charge in [-0.05, 0) is 24.8 Å². The van der Waals surface area contributed by atoms with Crippen LogP contribution < -0.4 is 5.32 Å². The van der Waals surface area contributed by atoms with E-state index in [4.69, 9.17) is 0 Å². The molecule has 7 heteroatoms. The first kappa shape index (κ1) is 22.8. The number of nitrogens with one attached hydrogen (secondary N) is 1. The van der Waals surface area contributed by atoms with Crippen molar-refractivity contribution in [1.82, 2.24) is 14.5 Å². The van der Waals surface area contributed by atoms with Crippen molar-refractivity contribution < 1.29 is 13.2 Å². The second kappa shape index (κ2) is 10.9. The van der Waals surface area contributed by atoms with Crippen molar-refractivity contribution in [3.8, 4) is 0 Å². The first-order valence-electron chi connectivity index (χ1n) is 10.3. The standard InChI is InChI=1S/C21H35N3O3S/c1-18(2)8-7-9-19(3)22-21(25)16-23-12-14-24(15-13-23)28(26,27)17-20-10-5-4-6-11-20/h4-6,10-11,18-19H,7-9,12-17H2,1-3H3,(H,22,25)/t19-/m1/s1. The van der Waals surface area contributed by atoms with Gasteiger partial charge >= 0.3 is 0 Å². The van der Waals surface area contributed by atoms with Gasteiger partial charge < -0.3 is 5.32 Å². The lowest BCUT2D eigenvalue weighted by Gasteiger charge is -2.33. The van der Waals surface area contributed by atoms with Gasteiger partial charge in [0.1, 0.15) is 0 Å². The number of benzene rings is 1. The maximum Gasteiger partial charge on any atom is 0.234 e. The number of hydrogen-bond acceptors (Lipinski definition) is 4. The lowest BCUT2D eigenvalue weighted by Crippen LogP contribution is -2.51. The van der Waals surface area contributed by atoms with Crippen molar-refractivity contribution in [2.24, 2.45) is 5.92 Å². The minimum absolute atomic E-state index is 0.0256. The van der Waals surface area contributed by atoms with Crippen LogP contribution in [-0.4, -0.2) is 62.3 Å². The summed E-state index contributed by atoms with van der Waals surface area (Å²) in [5, 5.41) is 3.06. The Bertz CT molecular complexity index is 699. The fourth-order valence-corrected chi connectivity index (χ4v) is 4.99. The molecule has 2 rings (SSSR count). The highest BCUT2D eigenvalue weighted by atomic mass is 32.2. The van der Waals surface area contributed by atoms with Crippen molar-refractivity contribution in [2.75, 3.05) is 32.7 Å². The Morgan fingerprint density at radius 2 is 1.68 bits per heavy atom. The van der Waals surface area contributed by atoms with Gasteiger partial charge in [0, 0.05) is 32.2 Å². The molecule has 0 saturated carbocycles. The maximum absolute atomic E-state index is 12.6. The minimum Gasteiger partial charge on any atom is -0.353 e. The van der Waals surface area contributed by atoms with Gasteiger partial charge in [-0.2, -0.15) is 4.31 Å². The number of carbonyl (C=O) groups is 1. The van der Waals surface area contributed by atoms with Gasteiger partial charge in [0.15, 0.2) is 0 Å². The molecule has 28 heavy (non-hydrogen) atoms. The van der Waals surface area contributed by atoms with Crippen LogP contribution in [0.5, 0.6) is 0 Å². The molecule has 1 heterocycles. The number of rotatable bonds is 10. The Morgan fingerprint density at radius 1 is 1.04 bits per heavy atom. The molecule has 1 aliphatic heterocycles. The van der Waals surface area contributed by atoms with E-state index in [2.05, 4.69) is 19.2 Å². The summed E-state index contributed by atoms with van der Waals surface area (Å²) in [6.07, 6.45) is 3.30. The van der Waals surface area contributed by atoms with Crippen LogP contribution in [0.4, 0.5) is 0 Å². The molecule has 1 aliphatic rings. The predicted octanol–water partition coefficient (Wildman–Crippen LogP) is 2.47. The van der Waals surface area contributed by atoms with Crippen LogP contribution in [0.15, 0.2) is 30.3 Å². The summed E-state index contributed by atoms with van der Waals surface area (Å²) in [5.41, 5.74) is 0.802. The molecule has 0 spiro atoms. The Kier molecular flexibility index (Phi) is 8.92. The zero-order chi connectivity index (χ0) is 20.6. The fraction of sp³-hybridized carbons (Fsp3) is 0.667. The van der Waals surface area contributed by atoms with E-state index in [-0.39, 0.29) is 17.7 Å². The molecule has 0 bridgehead atoms. The smallest absolute Gasteiger partial charge is 0.234 e. The van der Waals surface area contributed by atoms with Crippen molar-refractivity contribution in [3.63, 3.8) is 0 Å². The highest BCUT2D eigenvalue weighted by molar-refractivity contribution is 7.88. The van der Waals surface area contributed by atoms with E-state index in [1.54, 1.807) is 4.31 Å². The van der Waals surface area contributed by atoms with Crippen molar-refractivity contribution in [1.29, 1.82) is 0 Å². The summed E-state index contributed by atoms with van der Waals surface area (Å²) < 4.78 is 26.8. The summed E-state index contributed by atoms with van der Waals surface area (Å²) in [6.45, 7) is 8.85. The molecule has 1 amide bonds. The highest BCUT2D eigenvalue weighted by Crippen LogP contribution is 2.13. The summed E-state index contributed by atoms with van der Waals surface area (Å²) >= 11 is 0. The van der Waals surface area contributed by atoms with Crippen LogP contribution in [0.25, 0.3) is 0 Å². The zero-order valence-corrected chi connectivity index (χ0v) is 18.2. The Morgan fingerprint density at radius 3 is 2.29 bits per heavy atom. The first-order valence-corrected chi connectivity index (χ1v) is 11.9. The second-order valence-electron chi connectivity index (χ2n) is 8.21. The van der Waals surface area contributed by atoms with Crippen LogP contribution in [0.1, 0.15) is 45.6 Å². The number of amides is 1. The van der Waals surface area contributed by atoms with Gasteiger partial charge in [0.2, 0.25) is 15.9 Å². The monoisotopic (exact) mass is 409 g/mol. The lowest BCUT2D eigenvalue weighted by molar-refractivity contribution is -0.123. The number of piperazine rings is 1. The van der Waals surface area contributed by atoms with Crippen LogP contribution in [-0.2, 0) is 20.6 Å². The van der Waals surface area contributed by atoms with Crippen molar-refractivity contribution in [2.45, 2.75) is 51.8 Å². The van der Waals surface area contributed by atoms with Crippen molar-refractivity contribution in [3.05, 3.63) is 35.9 Å². The molecule has 158 valence electrons. The van der Waals surface area contributed by atoms with E-state index in [1.165, 1.54) is 6.42 Å². The third kappa shape index (κ3) is 7.89. The van der Waals surface area contributed by atoms with E-state index < -0.39 is 10.0 Å². The molecule has 0 aliphatic carbocycles. The summed E-state index contributed by atoms with van der Waals surface area (Å²) in [4.78, 5) is 14.3. The highest BCUT2D eigenvalue weighted by Gasteiger charge is 2.27. The molecule has 1 aromatic carbocycles. The molecule has 1 N–H and O–H groups in total. The van der Waals surface area contributed by atoms with Gasteiger partial charge in [-0.3, -0.25) is 9.69 Å². The number of carbonyl (C=O) groups excluding carboxylic acids is 1. The van der Waals surface area contributed by atoms with Gasteiger partial charge in [-0.1, -0.05) is 57.0 Å². The van der Waals surface area contributed by atoms with Crippen LogP contribution in [0, 0.1) is 5.92 Å². The molecule has 0 radical (unpaired) electrons. The minimum atomic E-state index is -3.32. The summed E-state index contributed by atoms with van der Waals surface area (Å²) in [7, 11) is -3.32. The molecule has 0 unspecified atom stereocenters. The summed E-state index contributed by atoms with van der Waals surface area (Å²) in [5.74, 6) is 0.748. The Labute approximate surface area is 170 Å². The van der Waals surface area contributed by atoms with E-state index in [0.717, 1.165) is 18.4 Å². The topological polar surface area (TPSA) is 69.7 Å². The quantitative estimate of drug-likeness (QED) is 0.644. The maximum atomic E-state index is 12.6. The Hall–Kier alpha value is -1.44. The first-order chi connectivity index (χ1) is 13.3. The van der Waals surface area contributed by atoms with Gasteiger partial charge in [0.25, 0.3) is 0 Å². The third-order valence-corrected chi connectivity index (χ3v) is 6.96. The largest absolute Gasteiger partial charge is 0.353 e. The van der Waals surface area contributed by atoms with Gasteiger partial charge in [-0.25, -0.2) is 8.42 Å². The van der Waals surface area contributed by atoms with E-state index in [1.807, 2.05) is 42.2 Å². The molecule has 1 fully saturated rings. The van der Waals surface area contributed by atoms with Gasteiger partial charge in [0.05, 0.1) is 12.3 Å². The Balaban J connectivity index is 1.72. The molecule has 6 nitrogen and oxygen atoms in total. The molecule has 1 saturated heterocycles. The normalized spacial score (nSPS) is 17.6. The average Bonchev–Trinajstić information content (AvgIpc) is 2.62. The average molecular weight is 410 g/mol. The molecule has 1 aromatic rings. The predicted molar refractivity (Wildman–Crippen MR) is 113 cm³/mol. The van der Waals surface area contributed by atoms with Gasteiger partial charge in [-0.15, -0.1) is 0 Å². The number of sulfonamides is 1. The second-order valence-corrected chi connectivity index (χ2v) is 10.2. The lowest BCUT2D eigenvalue weighted by atomic mass is 10.0. The summed E-state index contributed by atoms with van der Waals surface area (Å²) in [6, 6.07) is 9.43. The molecule has 1 atom stereocenters. The van der Waals surface area contributed by atoms with E-state index in [9.17, 15) is 13.2 Å². The van der Waals surface area contributed by atoms with Crippen LogP contribution in [0.3, 0.4) is 0 Å². The molecular formula is C21H35N3O3S. The van der Waals surface area contributed by atoms with Crippen molar-refractivity contribution >= 4 is 15.9 Å². The molecular weight excluding hydrogens is 374 g/mol. The fourth-order valence-electron chi connectivity index (χ4n) is 3.47.